The number of aromatic nitrogens is 2. The molecule has 1 aliphatic rings. The van der Waals surface area contributed by atoms with Crippen LogP contribution in [0.15, 0.2) is 18.2 Å². The van der Waals surface area contributed by atoms with Crippen LogP contribution in [-0.2, 0) is 22.6 Å². The Morgan fingerprint density at radius 1 is 1.39 bits per heavy atom. The van der Waals surface area contributed by atoms with Crippen molar-refractivity contribution in [3.8, 4) is 5.75 Å². The highest BCUT2D eigenvalue weighted by Crippen LogP contribution is 2.21. The van der Waals surface area contributed by atoms with Crippen molar-refractivity contribution in [1.82, 2.24) is 25.3 Å². The van der Waals surface area contributed by atoms with Gasteiger partial charge in [-0.2, -0.15) is 5.10 Å². The van der Waals surface area contributed by atoms with Crippen LogP contribution in [0.4, 0.5) is 4.39 Å². The normalized spacial score (nSPS) is 16.8. The highest BCUT2D eigenvalue weighted by atomic mass is 19.1. The van der Waals surface area contributed by atoms with E-state index in [1.54, 1.807) is 24.1 Å². The van der Waals surface area contributed by atoms with E-state index in [0.717, 1.165) is 17.0 Å². The van der Waals surface area contributed by atoms with Gasteiger partial charge in [-0.3, -0.25) is 19.6 Å². The molecular weight excluding hydrogens is 401 g/mol. The molecule has 168 valence electrons. The Labute approximate surface area is 181 Å². The summed E-state index contributed by atoms with van der Waals surface area (Å²) in [5.41, 5.74) is 3.49. The molecule has 1 saturated heterocycles. The first-order valence-electron chi connectivity index (χ1n) is 10.4. The zero-order chi connectivity index (χ0) is 22.5. The summed E-state index contributed by atoms with van der Waals surface area (Å²) in [6.07, 6.45) is 0.734. The molecule has 1 unspecified atom stereocenters. The summed E-state index contributed by atoms with van der Waals surface area (Å²) in [5, 5.41) is 9.95. The van der Waals surface area contributed by atoms with Crippen LogP contribution < -0.4 is 10.1 Å². The van der Waals surface area contributed by atoms with Crippen LogP contribution in [0.3, 0.4) is 0 Å². The number of halogens is 1. The lowest BCUT2D eigenvalue weighted by molar-refractivity contribution is -0.138. The van der Waals surface area contributed by atoms with Crippen LogP contribution in [0.1, 0.15) is 28.9 Å². The van der Waals surface area contributed by atoms with Gasteiger partial charge in [-0.05, 0) is 31.9 Å². The Morgan fingerprint density at radius 2 is 2.16 bits per heavy atom. The Hall–Kier alpha value is -2.94. The SMILES string of the molecule is COc1ccc(CN2CCNC(=O)C2CC(=O)N(C)CCc2c(C)n[nH]c2C)c(F)c1. The highest BCUT2D eigenvalue weighted by Gasteiger charge is 2.33. The van der Waals surface area contributed by atoms with E-state index in [0.29, 0.717) is 37.4 Å². The second-order valence-corrected chi connectivity index (χ2v) is 7.92. The maximum atomic E-state index is 14.4. The molecule has 31 heavy (non-hydrogen) atoms. The first-order valence-corrected chi connectivity index (χ1v) is 10.4. The lowest BCUT2D eigenvalue weighted by Gasteiger charge is -2.35. The number of nitrogens with one attached hydrogen (secondary N) is 2. The van der Waals surface area contributed by atoms with Gasteiger partial charge in [-0.25, -0.2) is 4.39 Å². The fourth-order valence-electron chi connectivity index (χ4n) is 3.84. The summed E-state index contributed by atoms with van der Waals surface area (Å²) in [4.78, 5) is 28.9. The van der Waals surface area contributed by atoms with Crippen molar-refractivity contribution in [2.24, 2.45) is 0 Å². The number of methoxy groups -OCH3 is 1. The number of carbonyl (C=O) groups excluding carboxylic acids is 2. The van der Waals surface area contributed by atoms with E-state index in [9.17, 15) is 14.0 Å². The molecule has 0 bridgehead atoms. The molecule has 2 amide bonds. The standard InChI is InChI=1S/C22H30FN5O3/c1-14-18(15(2)26-25-14)7-9-27(3)21(29)12-20-22(30)24-8-10-28(20)13-16-5-6-17(31-4)11-19(16)23/h5-6,11,20H,7-10,12-13H2,1-4H3,(H,24,30)(H,25,26). The molecule has 2 heterocycles. The first-order chi connectivity index (χ1) is 14.8. The van der Waals surface area contributed by atoms with Crippen LogP contribution in [-0.4, -0.2) is 71.6 Å². The van der Waals surface area contributed by atoms with E-state index in [-0.39, 0.29) is 24.8 Å². The molecule has 3 rings (SSSR count). The maximum absolute atomic E-state index is 14.4. The number of likely N-dealkylation sites (N-methyl/N-ethyl adjacent to an activating group) is 1. The lowest BCUT2D eigenvalue weighted by atomic mass is 10.1. The second kappa shape index (κ2) is 9.91. The predicted octanol–water partition coefficient (Wildman–Crippen LogP) is 1.57. The number of carbonyl (C=O) groups is 2. The van der Waals surface area contributed by atoms with E-state index in [1.807, 2.05) is 18.7 Å². The number of aryl methyl sites for hydroxylation is 2. The molecule has 9 heteroatoms. The van der Waals surface area contributed by atoms with E-state index >= 15 is 0 Å². The van der Waals surface area contributed by atoms with Crippen LogP contribution in [0, 0.1) is 19.7 Å². The van der Waals surface area contributed by atoms with E-state index in [1.165, 1.54) is 13.2 Å². The molecule has 0 saturated carbocycles. The van der Waals surface area contributed by atoms with Gasteiger partial charge in [0.15, 0.2) is 0 Å². The molecule has 1 aliphatic heterocycles. The van der Waals surface area contributed by atoms with Crippen molar-refractivity contribution in [3.63, 3.8) is 0 Å². The summed E-state index contributed by atoms with van der Waals surface area (Å²) in [6.45, 7) is 5.69. The molecule has 1 atom stereocenters. The van der Waals surface area contributed by atoms with Crippen LogP contribution in [0.25, 0.3) is 0 Å². The third-order valence-electron chi connectivity index (χ3n) is 5.85. The fourth-order valence-corrected chi connectivity index (χ4v) is 3.84. The van der Waals surface area contributed by atoms with Crippen molar-refractivity contribution in [1.29, 1.82) is 0 Å². The molecular formula is C22H30FN5O3. The molecule has 2 aromatic rings. The minimum absolute atomic E-state index is 0.0451. The number of piperazine rings is 1. The summed E-state index contributed by atoms with van der Waals surface area (Å²) in [6, 6.07) is 4.03. The van der Waals surface area contributed by atoms with Crippen molar-refractivity contribution >= 4 is 11.8 Å². The van der Waals surface area contributed by atoms with Crippen LogP contribution >= 0.6 is 0 Å². The monoisotopic (exact) mass is 431 g/mol. The Balaban J connectivity index is 1.64. The Bertz CT molecular complexity index is 926. The highest BCUT2D eigenvalue weighted by molar-refractivity contribution is 5.88. The van der Waals surface area contributed by atoms with Crippen LogP contribution in [0.2, 0.25) is 0 Å². The molecule has 8 nitrogen and oxygen atoms in total. The van der Waals surface area contributed by atoms with Crippen molar-refractivity contribution < 1.29 is 18.7 Å². The average molecular weight is 432 g/mol. The van der Waals surface area contributed by atoms with E-state index in [2.05, 4.69) is 15.5 Å². The van der Waals surface area contributed by atoms with Gasteiger partial charge in [0, 0.05) is 50.6 Å². The van der Waals surface area contributed by atoms with E-state index < -0.39 is 11.9 Å². The minimum Gasteiger partial charge on any atom is -0.497 e. The Morgan fingerprint density at radius 3 is 2.81 bits per heavy atom. The van der Waals surface area contributed by atoms with Crippen molar-refractivity contribution in [2.75, 3.05) is 33.8 Å². The quantitative estimate of drug-likeness (QED) is 0.662. The molecule has 0 radical (unpaired) electrons. The zero-order valence-corrected chi connectivity index (χ0v) is 18.5. The topological polar surface area (TPSA) is 90.6 Å². The lowest BCUT2D eigenvalue weighted by Crippen LogP contribution is -2.56. The van der Waals surface area contributed by atoms with E-state index in [4.69, 9.17) is 4.74 Å². The molecule has 0 spiro atoms. The molecule has 0 aliphatic carbocycles. The van der Waals surface area contributed by atoms with Gasteiger partial charge >= 0.3 is 0 Å². The number of hydrogen-bond donors (Lipinski definition) is 2. The van der Waals surface area contributed by atoms with Gasteiger partial charge < -0.3 is 15.0 Å². The maximum Gasteiger partial charge on any atom is 0.237 e. The van der Waals surface area contributed by atoms with Gasteiger partial charge in [0.25, 0.3) is 0 Å². The summed E-state index contributed by atoms with van der Waals surface area (Å²) >= 11 is 0. The number of benzene rings is 1. The molecule has 1 aromatic heterocycles. The minimum atomic E-state index is -0.636. The zero-order valence-electron chi connectivity index (χ0n) is 18.5. The first kappa shape index (κ1) is 22.7. The Kier molecular flexibility index (Phi) is 7.27. The van der Waals surface area contributed by atoms with Gasteiger partial charge in [-0.15, -0.1) is 0 Å². The number of H-pyrrole nitrogens is 1. The fraction of sp³-hybridized carbons (Fsp3) is 0.500. The van der Waals surface area contributed by atoms with Crippen molar-refractivity contribution in [2.45, 2.75) is 39.3 Å². The average Bonchev–Trinajstić information content (AvgIpc) is 3.07. The third-order valence-corrected chi connectivity index (χ3v) is 5.85. The molecule has 2 N–H and O–H groups in total. The van der Waals surface area contributed by atoms with Gasteiger partial charge in [0.1, 0.15) is 11.6 Å². The number of hydrogen-bond acceptors (Lipinski definition) is 5. The summed E-state index contributed by atoms with van der Waals surface area (Å²) in [7, 11) is 3.22. The van der Waals surface area contributed by atoms with Gasteiger partial charge in [0.05, 0.1) is 25.3 Å². The van der Waals surface area contributed by atoms with Gasteiger partial charge in [-0.1, -0.05) is 6.07 Å². The second-order valence-electron chi connectivity index (χ2n) is 7.92. The third kappa shape index (κ3) is 5.41. The largest absolute Gasteiger partial charge is 0.497 e. The summed E-state index contributed by atoms with van der Waals surface area (Å²) < 4.78 is 19.5. The summed E-state index contributed by atoms with van der Waals surface area (Å²) in [5.74, 6) is -0.281. The molecule has 1 fully saturated rings. The number of nitrogens with zero attached hydrogens (tertiary/aromatic N) is 3. The van der Waals surface area contributed by atoms with Crippen molar-refractivity contribution in [3.05, 3.63) is 46.5 Å². The van der Waals surface area contributed by atoms with Gasteiger partial charge in [0.2, 0.25) is 11.8 Å². The number of amides is 2. The smallest absolute Gasteiger partial charge is 0.237 e. The molecule has 1 aromatic carbocycles. The number of aromatic amines is 1. The van der Waals surface area contributed by atoms with Crippen LogP contribution in [0.5, 0.6) is 5.75 Å². The number of rotatable bonds is 8. The number of ether oxygens (including phenoxy) is 1. The predicted molar refractivity (Wildman–Crippen MR) is 114 cm³/mol.